The highest BCUT2D eigenvalue weighted by molar-refractivity contribution is 6.31. The van der Waals surface area contributed by atoms with Gasteiger partial charge in [0.2, 0.25) is 0 Å². The normalized spacial score (nSPS) is 32.4. The number of aromatic nitrogens is 1. The molecule has 0 aliphatic carbocycles. The maximum atomic E-state index is 13.5. The van der Waals surface area contributed by atoms with E-state index < -0.39 is 12.2 Å². The fourth-order valence-corrected chi connectivity index (χ4v) is 4.98. The number of ether oxygens (including phenoxy) is 1. The van der Waals surface area contributed by atoms with Gasteiger partial charge in [-0.2, -0.15) is 0 Å². The van der Waals surface area contributed by atoms with Crippen LogP contribution in [0.3, 0.4) is 0 Å². The minimum atomic E-state index is -0.509. The van der Waals surface area contributed by atoms with Gasteiger partial charge in [0, 0.05) is 12.7 Å². The molecule has 2 N–H and O–H groups in total. The predicted molar refractivity (Wildman–Crippen MR) is 103 cm³/mol. The Balaban J connectivity index is 1.44. The molecule has 0 amide bonds. The molecule has 2 aromatic rings. The van der Waals surface area contributed by atoms with Gasteiger partial charge in [-0.3, -0.25) is 5.73 Å². The van der Waals surface area contributed by atoms with E-state index in [0.29, 0.717) is 5.92 Å². The quantitative estimate of drug-likeness (QED) is 0.856. The average Bonchev–Trinajstić information content (AvgIpc) is 3.00. The average molecular weight is 389 g/mol. The zero-order valence-corrected chi connectivity index (χ0v) is 15.7. The summed E-state index contributed by atoms with van der Waals surface area (Å²) in [6.45, 7) is 4.00. The lowest BCUT2D eigenvalue weighted by Gasteiger charge is -2.50. The Morgan fingerprint density at radius 2 is 1.93 bits per heavy atom. The van der Waals surface area contributed by atoms with Gasteiger partial charge in [-0.1, -0.05) is 17.7 Å². The smallest absolute Gasteiger partial charge is 0.186 e. The number of anilines is 1. The summed E-state index contributed by atoms with van der Waals surface area (Å²) in [7, 11) is 0. The molecular weight excluding hydrogens is 367 g/mol. The Labute approximate surface area is 162 Å². The second kappa shape index (κ2) is 6.41. The third-order valence-electron chi connectivity index (χ3n) is 6.22. The van der Waals surface area contributed by atoms with Crippen LogP contribution in [0, 0.1) is 11.7 Å². The lowest BCUT2D eigenvalue weighted by molar-refractivity contribution is -0.137. The van der Waals surface area contributed by atoms with E-state index in [1.54, 1.807) is 18.3 Å². The molecular formula is C20H22ClFN4O. The molecule has 7 heteroatoms. The second-order valence-electron chi connectivity index (χ2n) is 7.78. The number of rotatable bonds is 2. The van der Waals surface area contributed by atoms with Gasteiger partial charge in [0.15, 0.2) is 6.35 Å². The second-order valence-corrected chi connectivity index (χ2v) is 8.19. The van der Waals surface area contributed by atoms with Gasteiger partial charge >= 0.3 is 0 Å². The molecule has 4 fully saturated rings. The first-order valence-electron chi connectivity index (χ1n) is 9.38. The number of hydrogen-bond acceptors (Lipinski definition) is 5. The van der Waals surface area contributed by atoms with Gasteiger partial charge in [-0.15, -0.1) is 0 Å². The Kier molecular flexibility index (Phi) is 4.13. The van der Waals surface area contributed by atoms with Crippen LogP contribution in [0.1, 0.15) is 12.8 Å². The van der Waals surface area contributed by atoms with E-state index >= 15 is 0 Å². The summed E-state index contributed by atoms with van der Waals surface area (Å²) in [6, 6.07) is 8.58. The van der Waals surface area contributed by atoms with Gasteiger partial charge in [-0.05, 0) is 67.2 Å². The van der Waals surface area contributed by atoms with Crippen molar-refractivity contribution in [1.29, 1.82) is 0 Å². The summed E-state index contributed by atoms with van der Waals surface area (Å²) in [5, 5.41) is 0.110. The van der Waals surface area contributed by atoms with E-state index in [0.717, 1.165) is 43.1 Å². The number of hydrogen-bond donors (Lipinski definition) is 1. The monoisotopic (exact) mass is 388 g/mol. The molecule has 6 rings (SSSR count). The van der Waals surface area contributed by atoms with Crippen LogP contribution < -0.4 is 10.6 Å². The van der Waals surface area contributed by atoms with Gasteiger partial charge in [-0.25, -0.2) is 9.37 Å². The van der Waals surface area contributed by atoms with Crippen LogP contribution in [0.25, 0.3) is 11.1 Å². The molecule has 2 bridgehead atoms. The lowest BCUT2D eigenvalue weighted by Crippen LogP contribution is -2.61. The molecule has 0 radical (unpaired) electrons. The van der Waals surface area contributed by atoms with E-state index in [2.05, 4.69) is 9.88 Å². The Morgan fingerprint density at radius 1 is 1.15 bits per heavy atom. The minimum Gasteiger partial charge on any atom is -0.335 e. The van der Waals surface area contributed by atoms with Gasteiger partial charge in [0.25, 0.3) is 0 Å². The van der Waals surface area contributed by atoms with E-state index in [1.807, 2.05) is 17.0 Å². The van der Waals surface area contributed by atoms with Crippen molar-refractivity contribution in [3.63, 3.8) is 0 Å². The Hall–Kier alpha value is -1.73. The summed E-state index contributed by atoms with van der Waals surface area (Å²) in [5.74, 6) is 0.903. The van der Waals surface area contributed by atoms with E-state index in [4.69, 9.17) is 22.1 Å². The van der Waals surface area contributed by atoms with Crippen molar-refractivity contribution >= 4 is 17.4 Å². The summed E-state index contributed by atoms with van der Waals surface area (Å²) in [4.78, 5) is 9.03. The Morgan fingerprint density at radius 3 is 2.63 bits per heavy atom. The van der Waals surface area contributed by atoms with Crippen molar-refractivity contribution in [3.05, 3.63) is 47.4 Å². The van der Waals surface area contributed by atoms with Crippen molar-refractivity contribution in [3.8, 4) is 11.1 Å². The molecule has 4 aliphatic rings. The van der Waals surface area contributed by atoms with Crippen molar-refractivity contribution in [2.24, 2.45) is 11.7 Å². The minimum absolute atomic E-state index is 0.110. The molecule has 4 aliphatic heterocycles. The standard InChI is InChI=1S/C20H22ClFN4O/c21-16-9-13(1-2-17(16)22)14-3-6-24-18(10-14)26-12-20(27-19(26)23)11-25-7-4-15(20)5-8-25/h1-3,6,9-10,15,19H,4-5,7-8,11-12,23H2. The highest BCUT2D eigenvalue weighted by atomic mass is 35.5. The van der Waals surface area contributed by atoms with Crippen molar-refractivity contribution in [2.75, 3.05) is 31.1 Å². The lowest BCUT2D eigenvalue weighted by atomic mass is 9.75. The fourth-order valence-electron chi connectivity index (χ4n) is 4.80. The number of nitrogens with zero attached hydrogens (tertiary/aromatic N) is 3. The van der Waals surface area contributed by atoms with E-state index in [9.17, 15) is 4.39 Å². The molecule has 0 saturated carbocycles. The van der Waals surface area contributed by atoms with Gasteiger partial charge < -0.3 is 14.5 Å². The third kappa shape index (κ3) is 2.91. The summed E-state index contributed by atoms with van der Waals surface area (Å²) in [5.41, 5.74) is 7.92. The molecule has 1 spiro atoms. The van der Waals surface area contributed by atoms with Gasteiger partial charge in [0.05, 0.1) is 11.6 Å². The van der Waals surface area contributed by atoms with E-state index in [-0.39, 0.29) is 10.6 Å². The number of benzene rings is 1. The maximum absolute atomic E-state index is 13.5. The van der Waals surface area contributed by atoms with Crippen molar-refractivity contribution in [1.82, 2.24) is 9.88 Å². The van der Waals surface area contributed by atoms with Gasteiger partial charge in [0.1, 0.15) is 17.2 Å². The molecule has 4 saturated heterocycles. The fraction of sp³-hybridized carbons (Fsp3) is 0.450. The highest BCUT2D eigenvalue weighted by Gasteiger charge is 2.54. The topological polar surface area (TPSA) is 54.6 Å². The SMILES string of the molecule is NC1OC2(CN3CCC2CC3)CN1c1cc(-c2ccc(F)c(Cl)c2)ccn1. The summed E-state index contributed by atoms with van der Waals surface area (Å²) < 4.78 is 19.8. The number of piperidine rings is 3. The molecule has 5 heterocycles. The van der Waals surface area contributed by atoms with Crippen LogP contribution >= 0.6 is 11.6 Å². The summed E-state index contributed by atoms with van der Waals surface area (Å²) >= 11 is 5.94. The number of pyridine rings is 1. The molecule has 2 unspecified atom stereocenters. The number of nitrogens with two attached hydrogens (primary N) is 1. The summed E-state index contributed by atoms with van der Waals surface area (Å²) in [6.07, 6.45) is 3.57. The van der Waals surface area contributed by atoms with Crippen LogP contribution in [0.5, 0.6) is 0 Å². The van der Waals surface area contributed by atoms with Crippen LogP contribution in [0.2, 0.25) is 5.02 Å². The largest absolute Gasteiger partial charge is 0.335 e. The van der Waals surface area contributed by atoms with Crippen molar-refractivity contribution < 1.29 is 9.13 Å². The first kappa shape index (κ1) is 17.4. The predicted octanol–water partition coefficient (Wildman–Crippen LogP) is 3.08. The highest BCUT2D eigenvalue weighted by Crippen LogP contribution is 2.43. The molecule has 1 aromatic heterocycles. The molecule has 1 aromatic carbocycles. The third-order valence-corrected chi connectivity index (χ3v) is 6.51. The first-order chi connectivity index (χ1) is 13.0. The Bertz CT molecular complexity index is 873. The number of fused-ring (bicyclic) bond motifs is 2. The van der Waals surface area contributed by atoms with Crippen LogP contribution in [-0.2, 0) is 4.74 Å². The molecule has 2 atom stereocenters. The van der Waals surface area contributed by atoms with Crippen molar-refractivity contribution in [2.45, 2.75) is 24.8 Å². The molecule has 27 heavy (non-hydrogen) atoms. The number of halogens is 2. The van der Waals surface area contributed by atoms with E-state index in [1.165, 1.54) is 18.9 Å². The molecule has 142 valence electrons. The molecule has 5 nitrogen and oxygen atoms in total. The van der Waals surface area contributed by atoms with Crippen LogP contribution in [0.4, 0.5) is 10.2 Å². The zero-order chi connectivity index (χ0) is 18.6. The maximum Gasteiger partial charge on any atom is 0.186 e. The first-order valence-corrected chi connectivity index (χ1v) is 9.76. The van der Waals surface area contributed by atoms with Crippen LogP contribution in [-0.4, -0.2) is 48.0 Å². The zero-order valence-electron chi connectivity index (χ0n) is 14.9. The van der Waals surface area contributed by atoms with Crippen LogP contribution in [0.15, 0.2) is 36.5 Å².